The van der Waals surface area contributed by atoms with Crippen molar-refractivity contribution >= 4 is 47.8 Å². The summed E-state index contributed by atoms with van der Waals surface area (Å²) in [5.41, 5.74) is 0.776. The molecular weight excluding hydrogens is 561 g/mol. The first kappa shape index (κ1) is 29.8. The van der Waals surface area contributed by atoms with E-state index < -0.39 is 7.12 Å². The third-order valence-electron chi connectivity index (χ3n) is 6.59. The van der Waals surface area contributed by atoms with Crippen molar-refractivity contribution in [3.63, 3.8) is 0 Å². The molecule has 35 heavy (non-hydrogen) atoms. The minimum Gasteiger partial charge on any atom is -0.481 e. The van der Waals surface area contributed by atoms with E-state index >= 15 is 0 Å². The highest BCUT2D eigenvalue weighted by molar-refractivity contribution is 14.1. The lowest BCUT2D eigenvalue weighted by Gasteiger charge is -2.32. The van der Waals surface area contributed by atoms with Crippen molar-refractivity contribution in [1.82, 2.24) is 9.55 Å². The van der Waals surface area contributed by atoms with Crippen molar-refractivity contribution < 1.29 is 23.4 Å². The highest BCUT2D eigenvalue weighted by Gasteiger charge is 2.51. The number of ether oxygens (including phenoxy) is 1. The standard InChI is InChI=1S/C12H18BNO3.C11H16BNO3.CH3I/c1-11(2)12(3,4)17-13(16-11)9-6-7-10(15)14(5)8-9;1-8-11(2,3)16-12(15-8)9-5-6-10(14-4)13-7-9;1-2/h6-8H,1-5H3;5-8H,1-4H3;1H3. The molecule has 2 fully saturated rings. The number of rotatable bonds is 3. The van der Waals surface area contributed by atoms with E-state index in [1.54, 1.807) is 38.7 Å². The SMILES string of the molecule is CI.COc1ccc(B2OC(C)C(C)(C)O2)cn1.Cn1cc(B2OC(C)(C)C(C)(C)O2)ccc1=O. The second-order valence-corrected chi connectivity index (χ2v) is 9.97. The van der Waals surface area contributed by atoms with Crippen LogP contribution in [0.4, 0.5) is 0 Å². The highest BCUT2D eigenvalue weighted by atomic mass is 127. The van der Waals surface area contributed by atoms with E-state index in [0.29, 0.717) is 5.88 Å². The summed E-state index contributed by atoms with van der Waals surface area (Å²) in [6.45, 7) is 14.1. The number of nitrogens with zero attached hydrogens (tertiary/aromatic N) is 2. The Labute approximate surface area is 223 Å². The monoisotopic (exact) mass is 598 g/mol. The van der Waals surface area contributed by atoms with E-state index in [0.717, 1.165) is 10.9 Å². The molecule has 1 atom stereocenters. The van der Waals surface area contributed by atoms with Crippen molar-refractivity contribution in [2.45, 2.75) is 71.4 Å². The van der Waals surface area contributed by atoms with E-state index in [4.69, 9.17) is 23.4 Å². The van der Waals surface area contributed by atoms with Gasteiger partial charge in [-0.05, 0) is 64.9 Å². The molecule has 2 aromatic heterocycles. The topological polar surface area (TPSA) is 81.0 Å². The van der Waals surface area contributed by atoms with Gasteiger partial charge in [0.2, 0.25) is 11.4 Å². The lowest BCUT2D eigenvalue weighted by molar-refractivity contribution is 0.00578. The summed E-state index contributed by atoms with van der Waals surface area (Å²) >= 11 is 2.15. The molecule has 0 aromatic carbocycles. The van der Waals surface area contributed by atoms with Crippen LogP contribution in [0.2, 0.25) is 0 Å². The quantitative estimate of drug-likeness (QED) is 0.306. The molecule has 0 amide bonds. The van der Waals surface area contributed by atoms with Crippen LogP contribution in [-0.2, 0) is 25.7 Å². The fourth-order valence-electron chi connectivity index (χ4n) is 3.28. The highest BCUT2D eigenvalue weighted by Crippen LogP contribution is 2.36. The average molecular weight is 598 g/mol. The Hall–Kier alpha value is -1.40. The Balaban J connectivity index is 0.000000231. The number of aromatic nitrogens is 2. The molecule has 192 valence electrons. The zero-order valence-electron chi connectivity index (χ0n) is 22.4. The Morgan fingerprint density at radius 3 is 1.94 bits per heavy atom. The number of halogens is 1. The Bertz CT molecular complexity index is 1010. The molecule has 2 aromatic rings. The number of aryl methyl sites for hydroxylation is 1. The van der Waals surface area contributed by atoms with E-state index in [2.05, 4.69) is 27.6 Å². The van der Waals surface area contributed by atoms with Crippen molar-refractivity contribution in [3.05, 3.63) is 47.0 Å². The maximum Gasteiger partial charge on any atom is 0.496 e. The summed E-state index contributed by atoms with van der Waals surface area (Å²) in [6.07, 6.45) is 3.54. The molecule has 2 saturated heterocycles. The molecule has 0 spiro atoms. The molecule has 0 saturated carbocycles. The average Bonchev–Trinajstić information content (AvgIpc) is 3.21. The molecule has 4 heterocycles. The summed E-state index contributed by atoms with van der Waals surface area (Å²) in [7, 11) is 2.57. The predicted octanol–water partition coefficient (Wildman–Crippen LogP) is 2.74. The smallest absolute Gasteiger partial charge is 0.481 e. The summed E-state index contributed by atoms with van der Waals surface area (Å²) in [5, 5.41) is 0. The van der Waals surface area contributed by atoms with Crippen molar-refractivity contribution in [3.8, 4) is 5.88 Å². The maximum absolute atomic E-state index is 11.3. The van der Waals surface area contributed by atoms with Gasteiger partial charge in [0, 0.05) is 31.0 Å². The van der Waals surface area contributed by atoms with Crippen LogP contribution in [0.15, 0.2) is 41.5 Å². The van der Waals surface area contributed by atoms with Gasteiger partial charge in [-0.25, -0.2) is 4.98 Å². The molecule has 2 aliphatic heterocycles. The Kier molecular flexibility index (Phi) is 10.0. The van der Waals surface area contributed by atoms with Crippen molar-refractivity contribution in [2.75, 3.05) is 12.0 Å². The van der Waals surface area contributed by atoms with Gasteiger partial charge in [-0.3, -0.25) is 4.79 Å². The van der Waals surface area contributed by atoms with Crippen LogP contribution in [0.5, 0.6) is 5.88 Å². The first-order valence-corrected chi connectivity index (χ1v) is 13.6. The van der Waals surface area contributed by atoms with Crippen LogP contribution < -0.4 is 21.2 Å². The van der Waals surface area contributed by atoms with Crippen LogP contribution in [0.1, 0.15) is 48.5 Å². The van der Waals surface area contributed by atoms with Gasteiger partial charge in [-0.1, -0.05) is 34.7 Å². The van der Waals surface area contributed by atoms with Gasteiger partial charge < -0.3 is 27.9 Å². The minimum atomic E-state index is -0.410. The minimum absolute atomic E-state index is 0.0368. The molecule has 0 N–H and O–H groups in total. The molecule has 0 radical (unpaired) electrons. The van der Waals surface area contributed by atoms with Gasteiger partial charge in [0.25, 0.3) is 0 Å². The van der Waals surface area contributed by atoms with Crippen molar-refractivity contribution in [2.24, 2.45) is 7.05 Å². The molecule has 0 aliphatic carbocycles. The van der Waals surface area contributed by atoms with Crippen LogP contribution in [-0.4, -0.2) is 58.7 Å². The first-order valence-electron chi connectivity index (χ1n) is 11.5. The number of hydrogen-bond acceptors (Lipinski definition) is 7. The Morgan fingerprint density at radius 2 is 1.51 bits per heavy atom. The van der Waals surface area contributed by atoms with E-state index in [1.807, 2.05) is 59.5 Å². The summed E-state index contributed by atoms with van der Waals surface area (Å²) < 4.78 is 29.9. The van der Waals surface area contributed by atoms with Gasteiger partial charge in [-0.15, -0.1) is 0 Å². The lowest BCUT2D eigenvalue weighted by Crippen LogP contribution is -2.41. The predicted molar refractivity (Wildman–Crippen MR) is 149 cm³/mol. The molecule has 8 nitrogen and oxygen atoms in total. The van der Waals surface area contributed by atoms with Gasteiger partial charge in [0.05, 0.1) is 30.0 Å². The van der Waals surface area contributed by atoms with E-state index in [1.165, 1.54) is 10.6 Å². The second kappa shape index (κ2) is 11.8. The normalized spacial score (nSPS) is 21.5. The number of pyridine rings is 2. The third kappa shape index (κ3) is 7.09. The summed E-state index contributed by atoms with van der Waals surface area (Å²) in [4.78, 5) is 17.4. The molecule has 11 heteroatoms. The third-order valence-corrected chi connectivity index (χ3v) is 6.59. The molecule has 2 aliphatic rings. The van der Waals surface area contributed by atoms with E-state index in [-0.39, 0.29) is 35.6 Å². The van der Waals surface area contributed by atoms with Crippen LogP contribution in [0.25, 0.3) is 0 Å². The van der Waals surface area contributed by atoms with E-state index in [9.17, 15) is 4.79 Å². The maximum atomic E-state index is 11.3. The van der Waals surface area contributed by atoms with Crippen LogP contribution in [0, 0.1) is 0 Å². The molecule has 4 rings (SSSR count). The lowest BCUT2D eigenvalue weighted by atomic mass is 9.80. The zero-order chi connectivity index (χ0) is 26.6. The second-order valence-electron chi connectivity index (χ2n) is 9.97. The summed E-state index contributed by atoms with van der Waals surface area (Å²) in [6, 6.07) is 6.99. The Morgan fingerprint density at radius 1 is 0.943 bits per heavy atom. The molecule has 0 bridgehead atoms. The van der Waals surface area contributed by atoms with Gasteiger partial charge in [-0.2, -0.15) is 0 Å². The molecule has 1 unspecified atom stereocenters. The molecular formula is C24H37B2IN2O6. The number of methoxy groups -OCH3 is 1. The first-order chi connectivity index (χ1) is 16.3. The summed E-state index contributed by atoms with van der Waals surface area (Å²) in [5.74, 6) is 0.592. The number of hydrogen-bond donors (Lipinski definition) is 0. The fraction of sp³-hybridized carbons (Fsp3) is 0.583. The van der Waals surface area contributed by atoms with Crippen molar-refractivity contribution in [1.29, 1.82) is 0 Å². The van der Waals surface area contributed by atoms with Gasteiger partial charge >= 0.3 is 14.2 Å². The zero-order valence-corrected chi connectivity index (χ0v) is 24.6. The largest absolute Gasteiger partial charge is 0.496 e. The van der Waals surface area contributed by atoms with Gasteiger partial charge in [0.15, 0.2) is 0 Å². The number of alkyl halides is 1. The van der Waals surface area contributed by atoms with Crippen LogP contribution >= 0.6 is 22.6 Å². The van der Waals surface area contributed by atoms with Crippen LogP contribution in [0.3, 0.4) is 0 Å². The van der Waals surface area contributed by atoms with Gasteiger partial charge in [0.1, 0.15) is 0 Å². The fourth-order valence-corrected chi connectivity index (χ4v) is 3.28.